The minimum atomic E-state index is -0.0404. The second-order valence-corrected chi connectivity index (χ2v) is 3.80. The summed E-state index contributed by atoms with van der Waals surface area (Å²) in [7, 11) is 0. The fourth-order valence-electron chi connectivity index (χ4n) is 1.55. The molecule has 2 rings (SSSR count). The van der Waals surface area contributed by atoms with Crippen LogP contribution >= 0.6 is 0 Å². The van der Waals surface area contributed by atoms with Crippen LogP contribution in [0.1, 0.15) is 5.56 Å². The molecule has 1 aromatic heterocycles. The lowest BCUT2D eigenvalue weighted by atomic mass is 10.2. The number of nitrogens with zero attached hydrogens (tertiary/aromatic N) is 1. The number of hydrogen-bond acceptors (Lipinski definition) is 4. The fourth-order valence-corrected chi connectivity index (χ4v) is 1.55. The van der Waals surface area contributed by atoms with Crippen molar-refractivity contribution in [2.45, 2.75) is 0 Å². The van der Waals surface area contributed by atoms with Crippen LogP contribution in [-0.4, -0.2) is 24.0 Å². The highest BCUT2D eigenvalue weighted by Crippen LogP contribution is 2.15. The Bertz CT molecular complexity index is 543. The molecule has 0 aliphatic heterocycles. The van der Waals surface area contributed by atoms with Gasteiger partial charge in [0.25, 0.3) is 0 Å². The summed E-state index contributed by atoms with van der Waals surface area (Å²) in [5.41, 5.74) is 5.99. The monoisotopic (exact) mass is 257 g/mol. The minimum Gasteiger partial charge on any atom is -0.490 e. The number of rotatable bonds is 6. The van der Waals surface area contributed by atoms with Gasteiger partial charge < -0.3 is 15.2 Å². The van der Waals surface area contributed by atoms with Gasteiger partial charge in [0.2, 0.25) is 0 Å². The fraction of sp³-hybridized carbons (Fsp3) is 0.143. The van der Waals surface area contributed by atoms with E-state index in [1.54, 1.807) is 18.5 Å². The summed E-state index contributed by atoms with van der Waals surface area (Å²) in [6.07, 6.45) is 3.11. The van der Waals surface area contributed by atoms with E-state index in [0.29, 0.717) is 24.5 Å². The van der Waals surface area contributed by atoms with Crippen molar-refractivity contribution in [3.05, 3.63) is 54.4 Å². The van der Waals surface area contributed by atoms with Gasteiger partial charge in [-0.2, -0.15) is 0 Å². The van der Waals surface area contributed by atoms with Crippen LogP contribution < -0.4 is 15.2 Å². The molecule has 98 valence electrons. The highest BCUT2D eigenvalue weighted by Gasteiger charge is 2.05. The lowest BCUT2D eigenvalue weighted by Gasteiger charge is -2.10. The SMILES string of the molecule is N=C(N)c1ccncc1OCCOc1ccccc1. The van der Waals surface area contributed by atoms with Crippen molar-refractivity contribution >= 4 is 5.84 Å². The summed E-state index contributed by atoms with van der Waals surface area (Å²) in [6, 6.07) is 11.2. The maximum Gasteiger partial charge on any atom is 0.148 e. The largest absolute Gasteiger partial charge is 0.490 e. The Morgan fingerprint density at radius 1 is 1.11 bits per heavy atom. The van der Waals surface area contributed by atoms with E-state index in [0.717, 1.165) is 5.75 Å². The van der Waals surface area contributed by atoms with Gasteiger partial charge in [0.1, 0.15) is 30.5 Å². The molecule has 5 heteroatoms. The molecule has 0 spiro atoms. The molecule has 0 radical (unpaired) electrons. The third kappa shape index (κ3) is 3.70. The van der Waals surface area contributed by atoms with Gasteiger partial charge in [-0.1, -0.05) is 18.2 Å². The number of amidine groups is 1. The van der Waals surface area contributed by atoms with Crippen LogP contribution in [0.5, 0.6) is 11.5 Å². The van der Waals surface area contributed by atoms with Crippen LogP contribution in [0.4, 0.5) is 0 Å². The summed E-state index contributed by atoms with van der Waals surface area (Å²) in [5, 5.41) is 7.43. The van der Waals surface area contributed by atoms with E-state index < -0.39 is 0 Å². The average molecular weight is 257 g/mol. The Labute approximate surface area is 111 Å². The van der Waals surface area contributed by atoms with Gasteiger partial charge in [0.05, 0.1) is 11.8 Å². The van der Waals surface area contributed by atoms with Crippen LogP contribution in [0.3, 0.4) is 0 Å². The average Bonchev–Trinajstić information content (AvgIpc) is 2.45. The molecule has 0 saturated heterocycles. The summed E-state index contributed by atoms with van der Waals surface area (Å²) >= 11 is 0. The maximum absolute atomic E-state index is 7.43. The van der Waals surface area contributed by atoms with Gasteiger partial charge in [-0.3, -0.25) is 10.4 Å². The smallest absolute Gasteiger partial charge is 0.148 e. The molecule has 0 unspecified atom stereocenters. The molecular weight excluding hydrogens is 242 g/mol. The maximum atomic E-state index is 7.43. The second kappa shape index (κ2) is 6.39. The Kier molecular flexibility index (Phi) is 4.34. The third-order valence-corrected chi connectivity index (χ3v) is 2.43. The Hall–Kier alpha value is -2.56. The van der Waals surface area contributed by atoms with Gasteiger partial charge in [0, 0.05) is 6.20 Å². The van der Waals surface area contributed by atoms with E-state index in [-0.39, 0.29) is 5.84 Å². The van der Waals surface area contributed by atoms with Crippen molar-refractivity contribution in [1.29, 1.82) is 5.41 Å². The highest BCUT2D eigenvalue weighted by atomic mass is 16.5. The summed E-state index contributed by atoms with van der Waals surface area (Å²) < 4.78 is 11.0. The van der Waals surface area contributed by atoms with E-state index in [1.807, 2.05) is 30.3 Å². The first kappa shape index (κ1) is 12.9. The molecule has 19 heavy (non-hydrogen) atoms. The van der Waals surface area contributed by atoms with Crippen molar-refractivity contribution in [3.63, 3.8) is 0 Å². The van der Waals surface area contributed by atoms with Crippen molar-refractivity contribution in [2.24, 2.45) is 5.73 Å². The molecule has 0 atom stereocenters. The molecule has 0 amide bonds. The zero-order valence-corrected chi connectivity index (χ0v) is 10.4. The number of nitrogens with two attached hydrogens (primary N) is 1. The Morgan fingerprint density at radius 3 is 2.58 bits per heavy atom. The lowest BCUT2D eigenvalue weighted by Crippen LogP contribution is -2.15. The van der Waals surface area contributed by atoms with Crippen LogP contribution in [0.15, 0.2) is 48.8 Å². The molecule has 1 aromatic carbocycles. The predicted octanol–water partition coefficient (Wildman–Crippen LogP) is 1.82. The lowest BCUT2D eigenvalue weighted by molar-refractivity contribution is 0.216. The van der Waals surface area contributed by atoms with Crippen molar-refractivity contribution in [2.75, 3.05) is 13.2 Å². The quantitative estimate of drug-likeness (QED) is 0.470. The summed E-state index contributed by atoms with van der Waals surface area (Å²) in [4.78, 5) is 3.95. The molecule has 0 fully saturated rings. The first-order valence-corrected chi connectivity index (χ1v) is 5.86. The van der Waals surface area contributed by atoms with Crippen molar-refractivity contribution < 1.29 is 9.47 Å². The molecule has 2 aromatic rings. The third-order valence-electron chi connectivity index (χ3n) is 2.43. The van der Waals surface area contributed by atoms with Crippen LogP contribution in [0.2, 0.25) is 0 Å². The van der Waals surface area contributed by atoms with E-state index in [4.69, 9.17) is 20.6 Å². The molecule has 0 saturated carbocycles. The first-order valence-electron chi connectivity index (χ1n) is 5.86. The molecule has 5 nitrogen and oxygen atoms in total. The Balaban J connectivity index is 1.85. The van der Waals surface area contributed by atoms with Gasteiger partial charge in [-0.05, 0) is 18.2 Å². The molecule has 0 aliphatic carbocycles. The summed E-state index contributed by atoms with van der Waals surface area (Å²) in [5.74, 6) is 1.25. The minimum absolute atomic E-state index is 0.0404. The van der Waals surface area contributed by atoms with Gasteiger partial charge >= 0.3 is 0 Å². The topological polar surface area (TPSA) is 81.2 Å². The van der Waals surface area contributed by atoms with Crippen molar-refractivity contribution in [1.82, 2.24) is 4.98 Å². The number of nitrogen functional groups attached to an aromatic ring is 1. The normalized spacial score (nSPS) is 9.89. The van der Waals surface area contributed by atoms with Gasteiger partial charge in [-0.25, -0.2) is 0 Å². The van der Waals surface area contributed by atoms with Gasteiger partial charge in [-0.15, -0.1) is 0 Å². The summed E-state index contributed by atoms with van der Waals surface area (Å²) in [6.45, 7) is 0.775. The number of benzene rings is 1. The molecule has 0 bridgehead atoms. The highest BCUT2D eigenvalue weighted by molar-refractivity contribution is 5.97. The van der Waals surface area contributed by atoms with Gasteiger partial charge in [0.15, 0.2) is 0 Å². The standard InChI is InChI=1S/C14H15N3O2/c15-14(16)12-6-7-17-10-13(12)19-9-8-18-11-4-2-1-3-5-11/h1-7,10H,8-9H2,(H3,15,16). The van der Waals surface area contributed by atoms with Crippen LogP contribution in [-0.2, 0) is 0 Å². The van der Waals surface area contributed by atoms with E-state index in [1.165, 1.54) is 0 Å². The number of pyridine rings is 1. The number of hydrogen-bond donors (Lipinski definition) is 2. The number of para-hydroxylation sites is 1. The van der Waals surface area contributed by atoms with E-state index in [2.05, 4.69) is 4.98 Å². The predicted molar refractivity (Wildman–Crippen MR) is 72.7 cm³/mol. The zero-order valence-electron chi connectivity index (χ0n) is 10.4. The molecule has 0 aliphatic rings. The molecule has 3 N–H and O–H groups in total. The second-order valence-electron chi connectivity index (χ2n) is 3.80. The van der Waals surface area contributed by atoms with Crippen LogP contribution in [0, 0.1) is 5.41 Å². The number of nitrogens with one attached hydrogen (secondary N) is 1. The zero-order chi connectivity index (χ0) is 13.5. The van der Waals surface area contributed by atoms with E-state index in [9.17, 15) is 0 Å². The van der Waals surface area contributed by atoms with E-state index >= 15 is 0 Å². The molecular formula is C14H15N3O2. The number of aromatic nitrogens is 1. The van der Waals surface area contributed by atoms with Crippen LogP contribution in [0.25, 0.3) is 0 Å². The first-order chi connectivity index (χ1) is 9.27. The van der Waals surface area contributed by atoms with Crippen molar-refractivity contribution in [3.8, 4) is 11.5 Å². The molecule has 1 heterocycles. The number of ether oxygens (including phenoxy) is 2. The Morgan fingerprint density at radius 2 is 1.84 bits per heavy atom.